The van der Waals surface area contributed by atoms with E-state index >= 15 is 0 Å². The molecule has 0 atom stereocenters. The number of carbonyl (C=O) groups is 1. The Morgan fingerprint density at radius 1 is 1.09 bits per heavy atom. The Morgan fingerprint density at radius 3 is 2.52 bits per heavy atom. The molecule has 0 radical (unpaired) electrons. The van der Waals surface area contributed by atoms with Gasteiger partial charge in [-0.3, -0.25) is 4.79 Å². The summed E-state index contributed by atoms with van der Waals surface area (Å²) in [6, 6.07) is 12.0. The third kappa shape index (κ3) is 5.39. The van der Waals surface area contributed by atoms with E-state index in [-0.39, 0.29) is 5.91 Å². The lowest BCUT2D eigenvalue weighted by molar-refractivity contribution is -0.116. The number of nitrogens with one attached hydrogen (secondary N) is 1. The van der Waals surface area contributed by atoms with Crippen molar-refractivity contribution in [2.24, 2.45) is 0 Å². The van der Waals surface area contributed by atoms with Crippen molar-refractivity contribution in [3.63, 3.8) is 0 Å². The Balaban J connectivity index is 1.77. The molecule has 0 heterocycles. The van der Waals surface area contributed by atoms with Crippen molar-refractivity contribution in [3.05, 3.63) is 57.6 Å². The molecule has 3 nitrogen and oxygen atoms in total. The summed E-state index contributed by atoms with van der Waals surface area (Å²) in [6.07, 6.45) is 1.12. The van der Waals surface area contributed by atoms with Gasteiger partial charge in [0.15, 0.2) is 0 Å². The van der Waals surface area contributed by atoms with Crippen LogP contribution in [0.2, 0.25) is 0 Å². The summed E-state index contributed by atoms with van der Waals surface area (Å²) in [6.45, 7) is 6.61. The van der Waals surface area contributed by atoms with E-state index in [4.69, 9.17) is 4.74 Å². The highest BCUT2D eigenvalue weighted by molar-refractivity contribution is 9.10. The fourth-order valence-corrected chi connectivity index (χ4v) is 2.80. The maximum absolute atomic E-state index is 12.0. The quantitative estimate of drug-likeness (QED) is 0.707. The SMILES string of the molecule is Cc1ccc(NC(=O)CCCOc2cc(C)ccc2C)c(Br)c1. The van der Waals surface area contributed by atoms with Crippen LogP contribution >= 0.6 is 15.9 Å². The van der Waals surface area contributed by atoms with E-state index in [2.05, 4.69) is 27.3 Å². The molecule has 0 unspecified atom stereocenters. The molecule has 122 valence electrons. The van der Waals surface area contributed by atoms with Crippen molar-refractivity contribution >= 4 is 27.5 Å². The summed E-state index contributed by atoms with van der Waals surface area (Å²) in [5.41, 5.74) is 4.24. The van der Waals surface area contributed by atoms with Gasteiger partial charge in [0, 0.05) is 10.9 Å². The van der Waals surface area contributed by atoms with Gasteiger partial charge >= 0.3 is 0 Å². The van der Waals surface area contributed by atoms with Crippen molar-refractivity contribution in [2.75, 3.05) is 11.9 Å². The zero-order chi connectivity index (χ0) is 16.8. The Kier molecular flexibility index (Phi) is 6.22. The fourth-order valence-electron chi connectivity index (χ4n) is 2.21. The zero-order valence-corrected chi connectivity index (χ0v) is 15.4. The zero-order valence-electron chi connectivity index (χ0n) is 13.8. The molecule has 23 heavy (non-hydrogen) atoms. The van der Waals surface area contributed by atoms with Gasteiger partial charge in [0.1, 0.15) is 5.75 Å². The third-order valence-corrected chi connectivity index (χ3v) is 4.20. The molecular formula is C19H22BrNO2. The van der Waals surface area contributed by atoms with Crippen molar-refractivity contribution in [2.45, 2.75) is 33.6 Å². The molecule has 2 rings (SSSR count). The van der Waals surface area contributed by atoms with Crippen molar-refractivity contribution in [1.29, 1.82) is 0 Å². The van der Waals surface area contributed by atoms with Crippen LogP contribution in [0.3, 0.4) is 0 Å². The number of aryl methyl sites for hydroxylation is 3. The van der Waals surface area contributed by atoms with Crippen LogP contribution in [0, 0.1) is 20.8 Å². The van der Waals surface area contributed by atoms with Crippen LogP contribution in [0.15, 0.2) is 40.9 Å². The van der Waals surface area contributed by atoms with Crippen LogP contribution in [-0.2, 0) is 4.79 Å². The van der Waals surface area contributed by atoms with Crippen LogP contribution in [0.5, 0.6) is 5.75 Å². The molecule has 0 fully saturated rings. The maximum Gasteiger partial charge on any atom is 0.224 e. The summed E-state index contributed by atoms with van der Waals surface area (Å²) in [7, 11) is 0. The molecule has 0 aliphatic carbocycles. The highest BCUT2D eigenvalue weighted by Crippen LogP contribution is 2.23. The predicted molar refractivity (Wildman–Crippen MR) is 98.2 cm³/mol. The number of benzene rings is 2. The fraction of sp³-hybridized carbons (Fsp3) is 0.316. The molecule has 0 aliphatic heterocycles. The molecule has 4 heteroatoms. The minimum absolute atomic E-state index is 0.000817. The Bertz CT molecular complexity index is 698. The van der Waals surface area contributed by atoms with Crippen molar-refractivity contribution in [3.8, 4) is 5.75 Å². The lowest BCUT2D eigenvalue weighted by Crippen LogP contribution is -2.13. The number of hydrogen-bond acceptors (Lipinski definition) is 2. The van der Waals surface area contributed by atoms with E-state index in [1.807, 2.05) is 51.1 Å². The van der Waals surface area contributed by atoms with Gasteiger partial charge in [-0.05, 0) is 78.0 Å². The number of halogens is 1. The number of ether oxygens (including phenoxy) is 1. The number of anilines is 1. The first kappa shape index (κ1) is 17.5. The number of rotatable bonds is 6. The molecular weight excluding hydrogens is 354 g/mol. The molecule has 0 bridgehead atoms. The molecule has 1 N–H and O–H groups in total. The maximum atomic E-state index is 12.0. The summed E-state index contributed by atoms with van der Waals surface area (Å²) in [4.78, 5) is 12.0. The van der Waals surface area contributed by atoms with Gasteiger partial charge in [-0.25, -0.2) is 0 Å². The van der Waals surface area contributed by atoms with Gasteiger partial charge in [0.25, 0.3) is 0 Å². The first-order valence-corrected chi connectivity index (χ1v) is 8.51. The normalized spacial score (nSPS) is 10.4. The van der Waals surface area contributed by atoms with Crippen LogP contribution in [0.25, 0.3) is 0 Å². The van der Waals surface area contributed by atoms with Crippen molar-refractivity contribution < 1.29 is 9.53 Å². The average molecular weight is 376 g/mol. The standard InChI is InChI=1S/C19H22BrNO2/c1-13-7-9-17(16(20)11-13)21-19(22)5-4-10-23-18-12-14(2)6-8-15(18)3/h6-9,11-12H,4-5,10H2,1-3H3,(H,21,22). The summed E-state index contributed by atoms with van der Waals surface area (Å²) in [5.74, 6) is 0.894. The smallest absolute Gasteiger partial charge is 0.224 e. The molecule has 0 saturated heterocycles. The second-order valence-electron chi connectivity index (χ2n) is 5.75. The Hall–Kier alpha value is -1.81. The molecule has 0 spiro atoms. The molecule has 0 aromatic heterocycles. The summed E-state index contributed by atoms with van der Waals surface area (Å²) in [5, 5.41) is 2.92. The van der Waals surface area contributed by atoms with Crippen LogP contribution in [0.4, 0.5) is 5.69 Å². The second-order valence-corrected chi connectivity index (χ2v) is 6.61. The van der Waals surface area contributed by atoms with Crippen molar-refractivity contribution in [1.82, 2.24) is 0 Å². The first-order chi connectivity index (χ1) is 11.0. The van der Waals surface area contributed by atoms with Crippen LogP contribution < -0.4 is 10.1 Å². The third-order valence-electron chi connectivity index (χ3n) is 3.55. The lowest BCUT2D eigenvalue weighted by atomic mass is 10.1. The molecule has 1 amide bonds. The van der Waals surface area contributed by atoms with E-state index in [0.717, 1.165) is 27.0 Å². The molecule has 0 saturated carbocycles. The van der Waals surface area contributed by atoms with Gasteiger partial charge in [-0.15, -0.1) is 0 Å². The first-order valence-electron chi connectivity index (χ1n) is 7.72. The Labute approximate surface area is 146 Å². The van der Waals surface area contributed by atoms with E-state index in [0.29, 0.717) is 19.4 Å². The largest absolute Gasteiger partial charge is 0.493 e. The highest BCUT2D eigenvalue weighted by Gasteiger charge is 2.06. The van der Waals surface area contributed by atoms with Gasteiger partial charge in [0.05, 0.1) is 12.3 Å². The van der Waals surface area contributed by atoms with Gasteiger partial charge in [-0.1, -0.05) is 18.2 Å². The van der Waals surface area contributed by atoms with E-state index in [1.165, 1.54) is 5.56 Å². The number of carbonyl (C=O) groups excluding carboxylic acids is 1. The minimum atomic E-state index is -0.000817. The number of hydrogen-bond donors (Lipinski definition) is 1. The number of amides is 1. The van der Waals surface area contributed by atoms with E-state index in [1.54, 1.807) is 0 Å². The monoisotopic (exact) mass is 375 g/mol. The Morgan fingerprint density at radius 2 is 1.78 bits per heavy atom. The molecule has 2 aromatic rings. The van der Waals surface area contributed by atoms with Crippen LogP contribution in [-0.4, -0.2) is 12.5 Å². The van der Waals surface area contributed by atoms with E-state index in [9.17, 15) is 4.79 Å². The molecule has 2 aromatic carbocycles. The second kappa shape index (κ2) is 8.16. The summed E-state index contributed by atoms with van der Waals surface area (Å²) < 4.78 is 6.67. The van der Waals surface area contributed by atoms with Gasteiger partial charge in [0.2, 0.25) is 5.91 Å². The molecule has 0 aliphatic rings. The summed E-state index contributed by atoms with van der Waals surface area (Å²) >= 11 is 3.46. The average Bonchev–Trinajstić information content (AvgIpc) is 2.50. The minimum Gasteiger partial charge on any atom is -0.493 e. The topological polar surface area (TPSA) is 38.3 Å². The van der Waals surface area contributed by atoms with Gasteiger partial charge in [-0.2, -0.15) is 0 Å². The van der Waals surface area contributed by atoms with Crippen LogP contribution in [0.1, 0.15) is 29.5 Å². The lowest BCUT2D eigenvalue weighted by Gasteiger charge is -2.11. The van der Waals surface area contributed by atoms with E-state index < -0.39 is 0 Å². The predicted octanol–water partition coefficient (Wildman–Crippen LogP) is 5.17. The van der Waals surface area contributed by atoms with Gasteiger partial charge < -0.3 is 10.1 Å². The highest BCUT2D eigenvalue weighted by atomic mass is 79.9.